The van der Waals surface area contributed by atoms with Gasteiger partial charge in [0.1, 0.15) is 0 Å². The molecule has 0 radical (unpaired) electrons. The van der Waals surface area contributed by atoms with E-state index in [1.54, 1.807) is 0 Å². The van der Waals surface area contributed by atoms with Crippen LogP contribution in [0.4, 0.5) is 0 Å². The smallest absolute Gasteiger partial charge is 0.0547 e. The Morgan fingerprint density at radius 2 is 2.19 bits per heavy atom. The molecule has 0 saturated heterocycles. The van der Waals surface area contributed by atoms with E-state index in [9.17, 15) is 0 Å². The Morgan fingerprint density at radius 3 is 2.81 bits per heavy atom. The van der Waals surface area contributed by atoms with E-state index in [1.165, 1.54) is 0 Å². The summed E-state index contributed by atoms with van der Waals surface area (Å²) in [5, 5.41) is 3.36. The van der Waals surface area contributed by atoms with Gasteiger partial charge < -0.3 is 5.32 Å². The van der Waals surface area contributed by atoms with E-state index >= 15 is 0 Å². The minimum absolute atomic E-state index is 0.530. The fourth-order valence-electron chi connectivity index (χ4n) is 1.61. The predicted molar refractivity (Wildman–Crippen MR) is 68.4 cm³/mol. The van der Waals surface area contributed by atoms with Gasteiger partial charge in [0.2, 0.25) is 0 Å². The first-order chi connectivity index (χ1) is 7.63. The Bertz CT molecular complexity index is 312. The van der Waals surface area contributed by atoms with Crippen LogP contribution in [-0.4, -0.2) is 36.1 Å². The van der Waals surface area contributed by atoms with Crippen LogP contribution in [0.15, 0.2) is 18.2 Å². The van der Waals surface area contributed by atoms with Crippen LogP contribution in [0, 0.1) is 6.92 Å². The Morgan fingerprint density at radius 1 is 1.44 bits per heavy atom. The van der Waals surface area contributed by atoms with Crippen molar-refractivity contribution in [3.05, 3.63) is 29.6 Å². The van der Waals surface area contributed by atoms with Crippen LogP contribution in [0.5, 0.6) is 0 Å². The Kier molecular flexibility index (Phi) is 5.43. The molecule has 0 bridgehead atoms. The molecule has 0 fully saturated rings. The third kappa shape index (κ3) is 4.29. The summed E-state index contributed by atoms with van der Waals surface area (Å²) in [6.45, 7) is 9.37. The monoisotopic (exact) mass is 221 g/mol. The zero-order valence-corrected chi connectivity index (χ0v) is 10.8. The number of likely N-dealkylation sites (N-methyl/N-ethyl adjacent to an activating group) is 2. The second kappa shape index (κ2) is 6.61. The van der Waals surface area contributed by atoms with Gasteiger partial charge in [0.05, 0.1) is 5.69 Å². The van der Waals surface area contributed by atoms with Gasteiger partial charge in [-0.2, -0.15) is 0 Å². The highest BCUT2D eigenvalue weighted by Gasteiger charge is 2.09. The van der Waals surface area contributed by atoms with Crippen molar-refractivity contribution < 1.29 is 0 Å². The second-order valence-electron chi connectivity index (χ2n) is 4.34. The van der Waals surface area contributed by atoms with Crippen molar-refractivity contribution in [2.24, 2.45) is 0 Å². The number of pyridine rings is 1. The van der Waals surface area contributed by atoms with Gasteiger partial charge in [-0.3, -0.25) is 9.88 Å². The quantitative estimate of drug-likeness (QED) is 0.794. The predicted octanol–water partition coefficient (Wildman–Crippen LogP) is 1.82. The van der Waals surface area contributed by atoms with Crippen molar-refractivity contribution in [1.82, 2.24) is 15.2 Å². The van der Waals surface area contributed by atoms with E-state index in [1.807, 2.05) is 13.0 Å². The molecule has 0 aliphatic rings. The van der Waals surface area contributed by atoms with Crippen LogP contribution < -0.4 is 5.32 Å². The van der Waals surface area contributed by atoms with Crippen LogP contribution in [0.3, 0.4) is 0 Å². The molecule has 1 heterocycles. The summed E-state index contributed by atoms with van der Waals surface area (Å²) in [6.07, 6.45) is 0. The molecule has 1 rings (SSSR count). The third-order valence-electron chi connectivity index (χ3n) is 2.80. The topological polar surface area (TPSA) is 28.2 Å². The summed E-state index contributed by atoms with van der Waals surface area (Å²) in [4.78, 5) is 6.84. The lowest BCUT2D eigenvalue weighted by Crippen LogP contribution is -2.37. The molecule has 0 aromatic carbocycles. The van der Waals surface area contributed by atoms with Crippen LogP contribution in [0.1, 0.15) is 25.2 Å². The van der Waals surface area contributed by atoms with Gasteiger partial charge in [-0.15, -0.1) is 0 Å². The molecule has 16 heavy (non-hydrogen) atoms. The van der Waals surface area contributed by atoms with Crippen molar-refractivity contribution in [3.63, 3.8) is 0 Å². The summed E-state index contributed by atoms with van der Waals surface area (Å²) in [6, 6.07) is 6.72. The third-order valence-corrected chi connectivity index (χ3v) is 2.80. The summed E-state index contributed by atoms with van der Waals surface area (Å²) in [7, 11) is 2.14. The highest BCUT2D eigenvalue weighted by Crippen LogP contribution is 2.04. The normalized spacial score (nSPS) is 13.1. The fraction of sp³-hybridized carbons (Fsp3) is 0.615. The molecule has 1 atom stereocenters. The molecule has 3 nitrogen and oxygen atoms in total. The Labute approximate surface area is 98.9 Å². The molecule has 0 saturated carbocycles. The van der Waals surface area contributed by atoms with Crippen molar-refractivity contribution in [2.45, 2.75) is 33.4 Å². The van der Waals surface area contributed by atoms with Gasteiger partial charge in [-0.1, -0.05) is 13.0 Å². The maximum Gasteiger partial charge on any atom is 0.0547 e. The van der Waals surface area contributed by atoms with Gasteiger partial charge in [0.15, 0.2) is 0 Å². The maximum atomic E-state index is 4.51. The molecular formula is C13H23N3. The van der Waals surface area contributed by atoms with E-state index < -0.39 is 0 Å². The van der Waals surface area contributed by atoms with Gasteiger partial charge in [0.25, 0.3) is 0 Å². The average Bonchev–Trinajstić information content (AvgIpc) is 2.25. The fourth-order valence-corrected chi connectivity index (χ4v) is 1.61. The molecule has 1 unspecified atom stereocenters. The number of rotatable bonds is 6. The zero-order valence-electron chi connectivity index (χ0n) is 10.8. The molecule has 0 spiro atoms. The number of hydrogen-bond acceptors (Lipinski definition) is 3. The lowest BCUT2D eigenvalue weighted by Gasteiger charge is -2.24. The molecule has 1 aromatic rings. The largest absolute Gasteiger partial charge is 0.315 e. The average molecular weight is 221 g/mol. The van der Waals surface area contributed by atoms with Crippen molar-refractivity contribution in [2.75, 3.05) is 20.1 Å². The molecule has 0 amide bonds. The van der Waals surface area contributed by atoms with Gasteiger partial charge >= 0.3 is 0 Å². The van der Waals surface area contributed by atoms with E-state index in [2.05, 4.69) is 48.2 Å². The summed E-state index contributed by atoms with van der Waals surface area (Å²) >= 11 is 0. The number of nitrogens with zero attached hydrogens (tertiary/aromatic N) is 2. The number of nitrogens with one attached hydrogen (secondary N) is 1. The van der Waals surface area contributed by atoms with Crippen LogP contribution in [-0.2, 0) is 6.54 Å². The molecule has 0 aliphatic carbocycles. The standard InChI is InChI=1S/C13H23N3/c1-5-14-9-12(3)16(4)10-13-8-6-7-11(2)15-13/h6-8,12,14H,5,9-10H2,1-4H3. The Hall–Kier alpha value is -0.930. The van der Waals surface area contributed by atoms with Gasteiger partial charge in [-0.25, -0.2) is 0 Å². The first-order valence-electron chi connectivity index (χ1n) is 5.97. The summed E-state index contributed by atoms with van der Waals surface area (Å²) in [5.41, 5.74) is 2.23. The van der Waals surface area contributed by atoms with E-state index in [0.717, 1.165) is 31.0 Å². The SMILES string of the molecule is CCNCC(C)N(C)Cc1cccc(C)n1. The number of aryl methyl sites for hydroxylation is 1. The van der Waals surface area contributed by atoms with Crippen molar-refractivity contribution in [1.29, 1.82) is 0 Å². The van der Waals surface area contributed by atoms with Crippen LogP contribution in [0.25, 0.3) is 0 Å². The number of aromatic nitrogens is 1. The maximum absolute atomic E-state index is 4.51. The minimum atomic E-state index is 0.530. The summed E-state index contributed by atoms with van der Waals surface area (Å²) in [5.74, 6) is 0. The highest BCUT2D eigenvalue weighted by atomic mass is 15.1. The number of hydrogen-bond donors (Lipinski definition) is 1. The lowest BCUT2D eigenvalue weighted by molar-refractivity contribution is 0.241. The second-order valence-corrected chi connectivity index (χ2v) is 4.34. The van der Waals surface area contributed by atoms with Crippen molar-refractivity contribution >= 4 is 0 Å². The molecule has 90 valence electrons. The molecule has 1 aromatic heterocycles. The van der Waals surface area contributed by atoms with Crippen molar-refractivity contribution in [3.8, 4) is 0 Å². The molecule has 1 N–H and O–H groups in total. The highest BCUT2D eigenvalue weighted by molar-refractivity contribution is 5.09. The van der Waals surface area contributed by atoms with Crippen LogP contribution >= 0.6 is 0 Å². The first-order valence-corrected chi connectivity index (χ1v) is 5.97. The minimum Gasteiger partial charge on any atom is -0.315 e. The molecule has 0 aliphatic heterocycles. The Balaban J connectivity index is 2.47. The van der Waals surface area contributed by atoms with E-state index in [-0.39, 0.29) is 0 Å². The lowest BCUT2D eigenvalue weighted by atomic mass is 10.2. The van der Waals surface area contributed by atoms with Gasteiger partial charge in [0, 0.05) is 24.8 Å². The first kappa shape index (κ1) is 13.1. The summed E-state index contributed by atoms with van der Waals surface area (Å²) < 4.78 is 0. The van der Waals surface area contributed by atoms with E-state index in [0.29, 0.717) is 6.04 Å². The molecule has 3 heteroatoms. The molecular weight excluding hydrogens is 198 g/mol. The van der Waals surface area contributed by atoms with Crippen LogP contribution in [0.2, 0.25) is 0 Å². The van der Waals surface area contributed by atoms with E-state index in [4.69, 9.17) is 0 Å². The zero-order chi connectivity index (χ0) is 12.0. The van der Waals surface area contributed by atoms with Gasteiger partial charge in [-0.05, 0) is 39.6 Å².